The zero-order chi connectivity index (χ0) is 26.8. The standard InChI is InChI=1S/2C15H22O3.Ca/c2*1-2-3-4-5-6-7-9-12-10-8-11-13(16)14(12)15(17)18;/h2*8,10-11,16H,2-7,9H2,1H3,(H,17,18);/q;;+2/p-2. The maximum absolute atomic E-state index is 11.4. The number of hydrogen-bond acceptors (Lipinski definition) is 5. The molecule has 0 fully saturated rings. The van der Waals surface area contributed by atoms with E-state index in [0.29, 0.717) is 12.0 Å². The van der Waals surface area contributed by atoms with Crippen LogP contribution in [0.25, 0.3) is 0 Å². The predicted octanol–water partition coefficient (Wildman–Crippen LogP) is 5.64. The van der Waals surface area contributed by atoms with E-state index in [0.717, 1.165) is 37.7 Å². The molecular formula is C30H42CaO6. The van der Waals surface area contributed by atoms with Gasteiger partial charge in [0.15, 0.2) is 0 Å². The molecular weight excluding hydrogens is 496 g/mol. The van der Waals surface area contributed by atoms with E-state index >= 15 is 0 Å². The minimum Gasteiger partial charge on any atom is -0.872 e. The van der Waals surface area contributed by atoms with Crippen molar-refractivity contribution in [1.29, 1.82) is 0 Å². The van der Waals surface area contributed by atoms with Gasteiger partial charge in [0, 0.05) is 0 Å². The molecule has 6 nitrogen and oxygen atoms in total. The fourth-order valence-electron chi connectivity index (χ4n) is 4.25. The Labute approximate surface area is 252 Å². The predicted molar refractivity (Wildman–Crippen MR) is 145 cm³/mol. The smallest absolute Gasteiger partial charge is 0.872 e. The van der Waals surface area contributed by atoms with E-state index in [1.807, 2.05) is 0 Å². The van der Waals surface area contributed by atoms with Crippen molar-refractivity contribution in [3.05, 3.63) is 58.7 Å². The van der Waals surface area contributed by atoms with Crippen LogP contribution in [-0.4, -0.2) is 59.9 Å². The number of unbranched alkanes of at least 4 members (excludes halogenated alkanes) is 10. The topological polar surface area (TPSA) is 121 Å². The van der Waals surface area contributed by atoms with Crippen molar-refractivity contribution in [2.24, 2.45) is 0 Å². The Hall–Kier alpha value is -1.76. The molecule has 2 aromatic rings. The van der Waals surface area contributed by atoms with Gasteiger partial charge in [-0.05, 0) is 48.4 Å². The van der Waals surface area contributed by atoms with Crippen LogP contribution in [0.3, 0.4) is 0 Å². The zero-order valence-electron chi connectivity index (χ0n) is 22.6. The Balaban J connectivity index is 0.000000682. The van der Waals surface area contributed by atoms with Gasteiger partial charge in [0.25, 0.3) is 0 Å². The second kappa shape index (κ2) is 21.2. The molecule has 7 heteroatoms. The molecule has 37 heavy (non-hydrogen) atoms. The first kappa shape index (κ1) is 35.2. The first-order valence-corrected chi connectivity index (χ1v) is 13.4. The number of aromatic hydroxyl groups is 1. The van der Waals surface area contributed by atoms with Crippen LogP contribution in [0.1, 0.15) is 123 Å². The third-order valence-corrected chi connectivity index (χ3v) is 6.26. The fourth-order valence-corrected chi connectivity index (χ4v) is 4.25. The van der Waals surface area contributed by atoms with Crippen LogP contribution in [0.15, 0.2) is 36.4 Å². The van der Waals surface area contributed by atoms with Gasteiger partial charge >= 0.3 is 43.7 Å². The number of aryl methyl sites for hydroxylation is 2. The van der Waals surface area contributed by atoms with Crippen molar-refractivity contribution in [3.63, 3.8) is 0 Å². The minimum absolute atomic E-state index is 0. The normalized spacial score (nSPS) is 10.2. The summed E-state index contributed by atoms with van der Waals surface area (Å²) in [5, 5.41) is 41.0. The summed E-state index contributed by atoms with van der Waals surface area (Å²) in [5.41, 5.74) is 1.24. The second-order valence-corrected chi connectivity index (χ2v) is 9.23. The van der Waals surface area contributed by atoms with Crippen molar-refractivity contribution in [3.8, 4) is 11.5 Å². The summed E-state index contributed by atoms with van der Waals surface area (Å²) in [6.07, 6.45) is 15.3. The molecule has 0 bridgehead atoms. The molecule has 0 radical (unpaired) electrons. The summed E-state index contributed by atoms with van der Waals surface area (Å²) < 4.78 is 0. The Bertz CT molecular complexity index is 853. The Morgan fingerprint density at radius 3 is 1.59 bits per heavy atom. The number of benzene rings is 2. The molecule has 0 heterocycles. The van der Waals surface area contributed by atoms with E-state index in [-0.39, 0.29) is 54.6 Å². The Morgan fingerprint density at radius 2 is 1.14 bits per heavy atom. The van der Waals surface area contributed by atoms with Crippen molar-refractivity contribution in [1.82, 2.24) is 0 Å². The molecule has 0 unspecified atom stereocenters. The van der Waals surface area contributed by atoms with Crippen LogP contribution < -0.4 is 10.2 Å². The quantitative estimate of drug-likeness (QED) is 0.211. The van der Waals surface area contributed by atoms with Crippen molar-refractivity contribution < 1.29 is 30.0 Å². The Morgan fingerprint density at radius 1 is 0.703 bits per heavy atom. The molecule has 2 N–H and O–H groups in total. The van der Waals surface area contributed by atoms with Gasteiger partial charge in [-0.25, -0.2) is 4.79 Å². The molecule has 2 aromatic carbocycles. The summed E-state index contributed by atoms with van der Waals surface area (Å²) >= 11 is 0. The first-order chi connectivity index (χ1) is 17.3. The first-order valence-electron chi connectivity index (χ1n) is 13.4. The van der Waals surface area contributed by atoms with Crippen LogP contribution >= 0.6 is 0 Å². The molecule has 0 saturated carbocycles. The number of hydrogen-bond donors (Lipinski definition) is 2. The van der Waals surface area contributed by atoms with Gasteiger partial charge in [-0.15, -0.1) is 0 Å². The number of rotatable bonds is 16. The van der Waals surface area contributed by atoms with E-state index < -0.39 is 17.7 Å². The number of phenols is 1. The average molecular weight is 539 g/mol. The van der Waals surface area contributed by atoms with Crippen LogP contribution in [-0.2, 0) is 12.8 Å². The number of aromatic carboxylic acids is 2. The van der Waals surface area contributed by atoms with Gasteiger partial charge in [0.05, 0.1) is 5.97 Å². The maximum Gasteiger partial charge on any atom is 2.00 e. The number of carboxylic acid groups (broad SMARTS) is 2. The molecule has 0 amide bonds. The SMILES string of the molecule is CCCCCCCCc1cccc(O)c1C(=O)O.CCCCCCCCc1cccc([O-])c1C(=O)[O-].[Ca+2]. The van der Waals surface area contributed by atoms with Crippen LogP contribution in [0.5, 0.6) is 11.5 Å². The van der Waals surface area contributed by atoms with Gasteiger partial charge in [-0.3, -0.25) is 0 Å². The molecule has 0 aromatic heterocycles. The minimum atomic E-state index is -1.36. The van der Waals surface area contributed by atoms with Crippen LogP contribution in [0.4, 0.5) is 0 Å². The fraction of sp³-hybridized carbons (Fsp3) is 0.533. The summed E-state index contributed by atoms with van der Waals surface area (Å²) in [6.45, 7) is 4.36. The molecule has 0 spiro atoms. The molecule has 200 valence electrons. The van der Waals surface area contributed by atoms with Crippen molar-refractivity contribution >= 4 is 49.7 Å². The summed E-state index contributed by atoms with van der Waals surface area (Å²) in [4.78, 5) is 22.0. The van der Waals surface area contributed by atoms with Gasteiger partial charge in [-0.2, -0.15) is 0 Å². The van der Waals surface area contributed by atoms with E-state index in [4.69, 9.17) is 5.11 Å². The van der Waals surface area contributed by atoms with E-state index in [2.05, 4.69) is 13.8 Å². The summed E-state index contributed by atoms with van der Waals surface area (Å²) in [7, 11) is 0. The monoisotopic (exact) mass is 538 g/mol. The maximum atomic E-state index is 11.4. The third-order valence-electron chi connectivity index (χ3n) is 6.26. The summed E-state index contributed by atoms with van der Waals surface area (Å²) in [5.74, 6) is -2.99. The largest absolute Gasteiger partial charge is 2.00 e. The molecule has 0 aliphatic heterocycles. The van der Waals surface area contributed by atoms with Crippen LogP contribution in [0, 0.1) is 0 Å². The summed E-state index contributed by atoms with van der Waals surface area (Å²) in [6, 6.07) is 9.51. The van der Waals surface area contributed by atoms with Gasteiger partial charge in [0.2, 0.25) is 0 Å². The number of carboxylic acids is 2. The zero-order valence-corrected chi connectivity index (χ0v) is 24.8. The van der Waals surface area contributed by atoms with E-state index in [1.165, 1.54) is 63.5 Å². The second-order valence-electron chi connectivity index (χ2n) is 9.23. The number of carbonyl (C=O) groups is 2. The van der Waals surface area contributed by atoms with Gasteiger partial charge in [0.1, 0.15) is 11.3 Å². The molecule has 0 aliphatic rings. The third kappa shape index (κ3) is 14.1. The van der Waals surface area contributed by atoms with Crippen molar-refractivity contribution in [2.75, 3.05) is 0 Å². The van der Waals surface area contributed by atoms with Crippen LogP contribution in [0.2, 0.25) is 0 Å². The average Bonchev–Trinajstić information content (AvgIpc) is 2.83. The molecule has 0 atom stereocenters. The van der Waals surface area contributed by atoms with Gasteiger partial charge < -0.3 is 25.2 Å². The van der Waals surface area contributed by atoms with Gasteiger partial charge in [-0.1, -0.05) is 114 Å². The molecule has 0 aliphatic carbocycles. The number of carbonyl (C=O) groups excluding carboxylic acids is 1. The van der Waals surface area contributed by atoms with Crippen molar-refractivity contribution in [2.45, 2.75) is 104 Å². The van der Waals surface area contributed by atoms with E-state index in [9.17, 15) is 24.9 Å². The molecule has 2 rings (SSSR count). The molecule has 0 saturated heterocycles. The Kier molecular flexibility index (Phi) is 20.2. The van der Waals surface area contributed by atoms with E-state index in [1.54, 1.807) is 24.3 Å².